The van der Waals surface area contributed by atoms with E-state index in [1.807, 2.05) is 0 Å². The van der Waals surface area contributed by atoms with E-state index in [0.717, 1.165) is 25.7 Å². The smallest absolute Gasteiger partial charge is 0.323 e. The van der Waals surface area contributed by atoms with Crippen LogP contribution in [-0.4, -0.2) is 25.2 Å². The molecule has 0 amide bonds. The first-order chi connectivity index (χ1) is 10.1. The van der Waals surface area contributed by atoms with Crippen LogP contribution < -0.4 is 5.32 Å². The minimum Gasteiger partial charge on any atom is -0.464 e. The maximum Gasteiger partial charge on any atom is 0.323 e. The van der Waals surface area contributed by atoms with Crippen LogP contribution in [0.15, 0.2) is 18.2 Å². The number of rotatable bonds is 4. The number of carbonyl (C=O) groups is 1. The summed E-state index contributed by atoms with van der Waals surface area (Å²) in [5.74, 6) is -1.25. The van der Waals surface area contributed by atoms with Crippen molar-refractivity contribution < 1.29 is 18.3 Å². The quantitative estimate of drug-likeness (QED) is 0.868. The van der Waals surface area contributed by atoms with Crippen molar-refractivity contribution in [3.8, 4) is 0 Å². The lowest BCUT2D eigenvalue weighted by Gasteiger charge is -2.31. The first-order valence-corrected chi connectivity index (χ1v) is 7.47. The number of cyclic esters (lactones) is 1. The molecule has 2 fully saturated rings. The Bertz CT molecular complexity index is 521. The largest absolute Gasteiger partial charge is 0.464 e. The molecule has 1 N–H and O–H groups in total. The van der Waals surface area contributed by atoms with Crippen molar-refractivity contribution in [1.29, 1.82) is 0 Å². The second-order valence-corrected chi connectivity index (χ2v) is 5.97. The summed E-state index contributed by atoms with van der Waals surface area (Å²) in [6, 6.07) is 3.65. The van der Waals surface area contributed by atoms with Gasteiger partial charge in [0.2, 0.25) is 0 Å². The Morgan fingerprint density at radius 2 is 1.90 bits per heavy atom. The third-order valence-corrected chi connectivity index (χ3v) is 4.68. The van der Waals surface area contributed by atoms with Gasteiger partial charge < -0.3 is 10.1 Å². The highest BCUT2D eigenvalue weighted by Crippen LogP contribution is 2.43. The molecule has 1 aromatic carbocycles. The van der Waals surface area contributed by atoms with Gasteiger partial charge in [-0.25, -0.2) is 8.78 Å². The van der Waals surface area contributed by atoms with E-state index < -0.39 is 17.0 Å². The number of nitrogens with one attached hydrogen (secondary N) is 1. The van der Waals surface area contributed by atoms with E-state index in [1.165, 1.54) is 18.2 Å². The van der Waals surface area contributed by atoms with Gasteiger partial charge in [0.1, 0.15) is 17.7 Å². The minimum absolute atomic E-state index is 0.168. The Kier molecular flexibility index (Phi) is 3.93. The standard InChI is InChI=1S/C16H19F2NO2/c17-11-4-3-5-12(18)14(11)16(7-1-2-8-16)10-19-13-6-9-21-15(13)20/h3-5,13,19H,1-2,6-10H2. The summed E-state index contributed by atoms with van der Waals surface area (Å²) >= 11 is 0. The molecule has 2 aliphatic rings. The van der Waals surface area contributed by atoms with Crippen LogP contribution in [0.4, 0.5) is 8.78 Å². The minimum atomic E-state index is -0.557. The molecule has 0 aromatic heterocycles. The van der Waals surface area contributed by atoms with Crippen LogP contribution in [0.25, 0.3) is 0 Å². The van der Waals surface area contributed by atoms with Crippen LogP contribution in [0.5, 0.6) is 0 Å². The van der Waals surface area contributed by atoms with Gasteiger partial charge in [-0.1, -0.05) is 18.9 Å². The molecule has 1 saturated carbocycles. The van der Waals surface area contributed by atoms with E-state index in [9.17, 15) is 13.6 Å². The van der Waals surface area contributed by atoms with Gasteiger partial charge in [0.25, 0.3) is 0 Å². The average Bonchev–Trinajstić information content (AvgIpc) is 3.06. The molecule has 3 rings (SSSR count). The molecule has 3 nitrogen and oxygen atoms in total. The molecule has 1 aliphatic carbocycles. The van der Waals surface area contributed by atoms with Crippen molar-refractivity contribution in [2.24, 2.45) is 0 Å². The van der Waals surface area contributed by atoms with Gasteiger partial charge in [0.15, 0.2) is 0 Å². The fraction of sp³-hybridized carbons (Fsp3) is 0.562. The predicted octanol–water partition coefficient (Wildman–Crippen LogP) is 2.68. The Morgan fingerprint density at radius 1 is 1.24 bits per heavy atom. The molecule has 1 unspecified atom stereocenters. The van der Waals surface area contributed by atoms with Gasteiger partial charge >= 0.3 is 5.97 Å². The zero-order chi connectivity index (χ0) is 14.9. The lowest BCUT2D eigenvalue weighted by Crippen LogP contribution is -2.43. The van der Waals surface area contributed by atoms with E-state index in [1.54, 1.807) is 0 Å². The van der Waals surface area contributed by atoms with E-state index in [-0.39, 0.29) is 17.6 Å². The number of benzene rings is 1. The van der Waals surface area contributed by atoms with Crippen LogP contribution in [-0.2, 0) is 14.9 Å². The molecule has 0 radical (unpaired) electrons. The third kappa shape index (κ3) is 2.67. The molecule has 1 saturated heterocycles. The van der Waals surface area contributed by atoms with E-state index in [2.05, 4.69) is 5.32 Å². The summed E-state index contributed by atoms with van der Waals surface area (Å²) in [4.78, 5) is 11.5. The number of halogens is 2. The Morgan fingerprint density at radius 3 is 2.48 bits per heavy atom. The van der Waals surface area contributed by atoms with Crippen molar-refractivity contribution in [3.63, 3.8) is 0 Å². The highest BCUT2D eigenvalue weighted by molar-refractivity contribution is 5.77. The van der Waals surface area contributed by atoms with Crippen LogP contribution in [0, 0.1) is 11.6 Å². The van der Waals surface area contributed by atoms with Gasteiger partial charge in [0.05, 0.1) is 6.61 Å². The first kappa shape index (κ1) is 14.4. The summed E-state index contributed by atoms with van der Waals surface area (Å²) in [5.41, 5.74) is -0.389. The summed E-state index contributed by atoms with van der Waals surface area (Å²) < 4.78 is 33.2. The fourth-order valence-electron chi connectivity index (χ4n) is 3.57. The number of esters is 1. The molecule has 114 valence electrons. The molecule has 0 spiro atoms. The average molecular weight is 295 g/mol. The topological polar surface area (TPSA) is 38.3 Å². The number of ether oxygens (including phenoxy) is 1. The van der Waals surface area contributed by atoms with Crippen LogP contribution in [0.3, 0.4) is 0 Å². The zero-order valence-corrected chi connectivity index (χ0v) is 11.8. The predicted molar refractivity (Wildman–Crippen MR) is 73.9 cm³/mol. The van der Waals surface area contributed by atoms with Gasteiger partial charge in [0, 0.05) is 23.9 Å². The Labute approximate surface area is 122 Å². The fourth-order valence-corrected chi connectivity index (χ4v) is 3.57. The van der Waals surface area contributed by atoms with Crippen molar-refractivity contribution >= 4 is 5.97 Å². The van der Waals surface area contributed by atoms with Crippen molar-refractivity contribution in [3.05, 3.63) is 35.4 Å². The summed E-state index contributed by atoms with van der Waals surface area (Å²) in [7, 11) is 0. The molecule has 1 aliphatic heterocycles. The highest BCUT2D eigenvalue weighted by Gasteiger charge is 2.41. The Balaban J connectivity index is 1.84. The van der Waals surface area contributed by atoms with Gasteiger partial charge in [-0.2, -0.15) is 0 Å². The van der Waals surface area contributed by atoms with Crippen molar-refractivity contribution in [1.82, 2.24) is 5.32 Å². The van der Waals surface area contributed by atoms with E-state index >= 15 is 0 Å². The maximum absolute atomic E-state index is 14.2. The van der Waals surface area contributed by atoms with Crippen molar-refractivity contribution in [2.75, 3.05) is 13.2 Å². The second-order valence-electron chi connectivity index (χ2n) is 5.97. The summed E-state index contributed by atoms with van der Waals surface area (Å²) in [6.07, 6.45) is 3.99. The summed E-state index contributed by atoms with van der Waals surface area (Å²) in [6.45, 7) is 0.822. The normalized spacial score (nSPS) is 24.3. The molecular weight excluding hydrogens is 276 g/mol. The van der Waals surface area contributed by atoms with E-state index in [0.29, 0.717) is 19.6 Å². The molecule has 0 bridgehead atoms. The lowest BCUT2D eigenvalue weighted by atomic mass is 9.78. The van der Waals surface area contributed by atoms with Crippen LogP contribution in [0.2, 0.25) is 0 Å². The maximum atomic E-state index is 14.2. The van der Waals surface area contributed by atoms with Gasteiger partial charge in [-0.15, -0.1) is 0 Å². The van der Waals surface area contributed by atoms with Crippen LogP contribution >= 0.6 is 0 Å². The van der Waals surface area contributed by atoms with Gasteiger partial charge in [-0.3, -0.25) is 4.79 Å². The zero-order valence-electron chi connectivity index (χ0n) is 11.8. The third-order valence-electron chi connectivity index (χ3n) is 4.68. The highest BCUT2D eigenvalue weighted by atomic mass is 19.1. The van der Waals surface area contributed by atoms with Crippen LogP contribution in [0.1, 0.15) is 37.7 Å². The SMILES string of the molecule is O=C1OCCC1NCC1(c2c(F)cccc2F)CCCC1. The van der Waals surface area contributed by atoms with Gasteiger partial charge in [-0.05, 0) is 25.0 Å². The Hall–Kier alpha value is -1.49. The van der Waals surface area contributed by atoms with Crippen molar-refractivity contribution in [2.45, 2.75) is 43.6 Å². The number of hydrogen-bond acceptors (Lipinski definition) is 3. The molecule has 1 atom stereocenters. The monoisotopic (exact) mass is 295 g/mol. The van der Waals surface area contributed by atoms with E-state index in [4.69, 9.17) is 4.74 Å². The molecule has 1 heterocycles. The first-order valence-electron chi connectivity index (χ1n) is 7.47. The summed E-state index contributed by atoms with van der Waals surface area (Å²) in [5, 5.41) is 3.16. The molecule has 5 heteroatoms. The molecule has 1 aromatic rings. The number of carbonyl (C=O) groups excluding carboxylic acids is 1. The lowest BCUT2D eigenvalue weighted by molar-refractivity contribution is -0.139. The molecule has 21 heavy (non-hydrogen) atoms. The second kappa shape index (κ2) is 5.72. The molecular formula is C16H19F2NO2. The number of hydrogen-bond donors (Lipinski definition) is 1.